The smallest absolute Gasteiger partial charge is 0.321 e. The molecule has 0 fully saturated rings. The number of anilines is 2. The van der Waals surface area contributed by atoms with E-state index in [1.807, 2.05) is 26.0 Å². The average Bonchev–Trinajstić information content (AvgIpc) is 2.51. The minimum atomic E-state index is -0.604. The molecule has 0 aromatic heterocycles. The van der Waals surface area contributed by atoms with Gasteiger partial charge < -0.3 is 16.0 Å². The third-order valence-corrected chi connectivity index (χ3v) is 3.42. The first-order valence-electron chi connectivity index (χ1n) is 8.13. The molecule has 1 unspecified atom stereocenters. The lowest BCUT2D eigenvalue weighted by Gasteiger charge is -2.18. The maximum absolute atomic E-state index is 12.0. The second kappa shape index (κ2) is 9.54. The van der Waals surface area contributed by atoms with Crippen molar-refractivity contribution in [3.05, 3.63) is 23.8 Å². The highest BCUT2D eigenvalue weighted by molar-refractivity contribution is 5.98. The van der Waals surface area contributed by atoms with Gasteiger partial charge in [-0.25, -0.2) is 4.79 Å². The molecule has 1 atom stereocenters. The molecule has 4 amide bonds. The number of nitrogens with one attached hydrogen (secondary N) is 4. The van der Waals surface area contributed by atoms with Gasteiger partial charge in [0.05, 0.1) is 0 Å². The number of urea groups is 1. The van der Waals surface area contributed by atoms with Crippen LogP contribution < -0.4 is 21.3 Å². The molecule has 1 aromatic carbocycles. The van der Waals surface area contributed by atoms with Crippen LogP contribution in [0.15, 0.2) is 18.2 Å². The van der Waals surface area contributed by atoms with E-state index in [1.54, 1.807) is 19.9 Å². The minimum Gasteiger partial charge on any atom is -0.374 e. The lowest BCUT2D eigenvalue weighted by atomic mass is 10.1. The number of benzene rings is 1. The predicted molar refractivity (Wildman–Crippen MR) is 95.0 cm³/mol. The van der Waals surface area contributed by atoms with E-state index in [0.717, 1.165) is 17.7 Å². The largest absolute Gasteiger partial charge is 0.374 e. The van der Waals surface area contributed by atoms with Crippen LogP contribution in [-0.2, 0) is 9.59 Å². The molecule has 132 valence electrons. The van der Waals surface area contributed by atoms with Crippen LogP contribution >= 0.6 is 0 Å². The van der Waals surface area contributed by atoms with E-state index < -0.39 is 18.0 Å². The Morgan fingerprint density at radius 2 is 1.79 bits per heavy atom. The number of hydrogen-bond donors (Lipinski definition) is 4. The third-order valence-electron chi connectivity index (χ3n) is 3.42. The predicted octanol–water partition coefficient (Wildman–Crippen LogP) is 2.38. The second-order valence-electron chi connectivity index (χ2n) is 5.49. The quantitative estimate of drug-likeness (QED) is 0.615. The van der Waals surface area contributed by atoms with Gasteiger partial charge in [0.2, 0.25) is 11.8 Å². The zero-order valence-corrected chi connectivity index (χ0v) is 14.7. The molecule has 24 heavy (non-hydrogen) atoms. The van der Waals surface area contributed by atoms with Crippen molar-refractivity contribution in [3.8, 4) is 0 Å². The Hall–Kier alpha value is -2.57. The van der Waals surface area contributed by atoms with E-state index in [-0.39, 0.29) is 5.91 Å². The summed E-state index contributed by atoms with van der Waals surface area (Å²) in [7, 11) is 0. The number of carbonyl (C=O) groups excluding carboxylic acids is 3. The van der Waals surface area contributed by atoms with Gasteiger partial charge in [0.25, 0.3) is 0 Å². The van der Waals surface area contributed by atoms with Crippen molar-refractivity contribution in [3.63, 3.8) is 0 Å². The van der Waals surface area contributed by atoms with Crippen molar-refractivity contribution >= 4 is 29.2 Å². The van der Waals surface area contributed by atoms with Gasteiger partial charge in [0, 0.05) is 24.3 Å². The highest BCUT2D eigenvalue weighted by atomic mass is 16.2. The molecule has 4 N–H and O–H groups in total. The summed E-state index contributed by atoms with van der Waals surface area (Å²) in [6.45, 7) is 7.68. The number of imide groups is 1. The summed E-state index contributed by atoms with van der Waals surface area (Å²) in [6, 6.07) is 4.31. The Morgan fingerprint density at radius 3 is 2.42 bits per heavy atom. The number of carbonyl (C=O) groups is 3. The van der Waals surface area contributed by atoms with Crippen molar-refractivity contribution in [1.82, 2.24) is 10.6 Å². The number of rotatable bonds is 7. The molecule has 0 radical (unpaired) electrons. The maximum Gasteiger partial charge on any atom is 0.321 e. The molecule has 0 spiro atoms. The second-order valence-corrected chi connectivity index (χ2v) is 5.49. The lowest BCUT2D eigenvalue weighted by molar-refractivity contribution is -0.120. The Kier molecular flexibility index (Phi) is 7.74. The van der Waals surface area contributed by atoms with Crippen molar-refractivity contribution < 1.29 is 14.4 Å². The summed E-state index contributed by atoms with van der Waals surface area (Å²) in [4.78, 5) is 35.1. The molecule has 7 nitrogen and oxygen atoms in total. The summed E-state index contributed by atoms with van der Waals surface area (Å²) in [5.74, 6) is -0.472. The monoisotopic (exact) mass is 334 g/mol. The van der Waals surface area contributed by atoms with E-state index in [9.17, 15) is 14.4 Å². The maximum atomic E-state index is 12.0. The van der Waals surface area contributed by atoms with E-state index in [2.05, 4.69) is 21.3 Å². The number of amides is 4. The lowest BCUT2D eigenvalue weighted by Crippen LogP contribution is -2.45. The van der Waals surface area contributed by atoms with E-state index in [0.29, 0.717) is 18.7 Å². The van der Waals surface area contributed by atoms with E-state index >= 15 is 0 Å². The van der Waals surface area contributed by atoms with Crippen LogP contribution in [0.2, 0.25) is 0 Å². The summed E-state index contributed by atoms with van der Waals surface area (Å²) in [6.07, 6.45) is 1.24. The first-order chi connectivity index (χ1) is 11.4. The third kappa shape index (κ3) is 5.91. The van der Waals surface area contributed by atoms with Crippen molar-refractivity contribution in [2.24, 2.45) is 0 Å². The molecule has 0 saturated heterocycles. The van der Waals surface area contributed by atoms with Crippen LogP contribution in [0.4, 0.5) is 16.2 Å². The van der Waals surface area contributed by atoms with Gasteiger partial charge in [0.1, 0.15) is 6.04 Å². The number of hydrogen-bond acceptors (Lipinski definition) is 4. The van der Waals surface area contributed by atoms with Gasteiger partial charge in [-0.3, -0.25) is 14.9 Å². The molecular formula is C17H26N4O3. The normalized spacial score (nSPS) is 11.3. The molecule has 1 aromatic rings. The van der Waals surface area contributed by atoms with Gasteiger partial charge in [-0.15, -0.1) is 0 Å². The van der Waals surface area contributed by atoms with Crippen molar-refractivity contribution in [2.75, 3.05) is 17.2 Å². The molecule has 7 heteroatoms. The SMILES string of the molecule is CCCC(=O)Nc1cccc(NC(C)C(=O)NC(=O)NCC)c1C. The molecule has 0 aliphatic carbocycles. The van der Waals surface area contributed by atoms with Crippen molar-refractivity contribution in [1.29, 1.82) is 0 Å². The summed E-state index contributed by atoms with van der Waals surface area (Å²) in [5, 5.41) is 10.7. The van der Waals surface area contributed by atoms with Gasteiger partial charge in [-0.05, 0) is 44.9 Å². The molecule has 0 heterocycles. The van der Waals surface area contributed by atoms with Gasteiger partial charge in [-0.1, -0.05) is 13.0 Å². The molecule has 0 bridgehead atoms. The van der Waals surface area contributed by atoms with Crippen LogP contribution in [0.1, 0.15) is 39.2 Å². The van der Waals surface area contributed by atoms with Gasteiger partial charge in [-0.2, -0.15) is 0 Å². The highest BCUT2D eigenvalue weighted by Crippen LogP contribution is 2.24. The van der Waals surface area contributed by atoms with Crippen LogP contribution in [0.5, 0.6) is 0 Å². The van der Waals surface area contributed by atoms with Crippen LogP contribution in [0, 0.1) is 6.92 Å². The van der Waals surface area contributed by atoms with Crippen molar-refractivity contribution in [2.45, 2.75) is 46.6 Å². The van der Waals surface area contributed by atoms with Gasteiger partial charge >= 0.3 is 6.03 Å². The fraction of sp³-hybridized carbons (Fsp3) is 0.471. The summed E-state index contributed by atoms with van der Waals surface area (Å²) < 4.78 is 0. The fourth-order valence-corrected chi connectivity index (χ4v) is 2.09. The molecular weight excluding hydrogens is 308 g/mol. The highest BCUT2D eigenvalue weighted by Gasteiger charge is 2.16. The minimum absolute atomic E-state index is 0.0419. The van der Waals surface area contributed by atoms with E-state index in [1.165, 1.54) is 0 Å². The molecule has 0 saturated carbocycles. The average molecular weight is 334 g/mol. The fourth-order valence-electron chi connectivity index (χ4n) is 2.09. The van der Waals surface area contributed by atoms with E-state index in [4.69, 9.17) is 0 Å². The van der Waals surface area contributed by atoms with Crippen LogP contribution in [0.25, 0.3) is 0 Å². The van der Waals surface area contributed by atoms with Crippen LogP contribution in [0.3, 0.4) is 0 Å². The Labute approximate surface area is 142 Å². The summed E-state index contributed by atoms with van der Waals surface area (Å²) in [5.41, 5.74) is 2.26. The molecule has 0 aliphatic rings. The zero-order chi connectivity index (χ0) is 18.1. The topological polar surface area (TPSA) is 99.3 Å². The van der Waals surface area contributed by atoms with Crippen LogP contribution in [-0.4, -0.2) is 30.4 Å². The van der Waals surface area contributed by atoms with Gasteiger partial charge in [0.15, 0.2) is 0 Å². The Bertz CT molecular complexity index is 601. The Balaban J connectivity index is 2.75. The molecule has 1 rings (SSSR count). The standard InChI is InChI=1S/C17H26N4O3/c1-5-8-15(22)20-14-10-7-9-13(11(14)3)19-12(4)16(23)21-17(24)18-6-2/h7,9-10,12,19H,5-6,8H2,1-4H3,(H,20,22)(H2,18,21,23,24). The Morgan fingerprint density at radius 1 is 1.12 bits per heavy atom. The zero-order valence-electron chi connectivity index (χ0n) is 14.7. The first kappa shape index (κ1) is 19.5. The molecule has 0 aliphatic heterocycles. The first-order valence-corrected chi connectivity index (χ1v) is 8.13. The summed E-state index contributed by atoms with van der Waals surface area (Å²) >= 11 is 0.